The number of rotatable bonds is 7. The van der Waals surface area contributed by atoms with Crippen LogP contribution in [0.4, 0.5) is 14.5 Å². The van der Waals surface area contributed by atoms with Gasteiger partial charge in [0.1, 0.15) is 23.0 Å². The van der Waals surface area contributed by atoms with E-state index in [0.29, 0.717) is 40.8 Å². The van der Waals surface area contributed by atoms with Crippen LogP contribution in [0.3, 0.4) is 0 Å². The zero-order chi connectivity index (χ0) is 28.6. The van der Waals surface area contributed by atoms with E-state index >= 15 is 0 Å². The summed E-state index contributed by atoms with van der Waals surface area (Å²) in [6.07, 6.45) is 3.36. The first-order valence-electron chi connectivity index (χ1n) is 12.8. The van der Waals surface area contributed by atoms with E-state index in [-0.39, 0.29) is 23.3 Å². The van der Waals surface area contributed by atoms with Gasteiger partial charge in [0.25, 0.3) is 5.91 Å². The molecule has 1 fully saturated rings. The summed E-state index contributed by atoms with van der Waals surface area (Å²) in [6, 6.07) is 14.8. The number of piperidine rings is 1. The predicted molar refractivity (Wildman–Crippen MR) is 156 cm³/mol. The molecule has 210 valence electrons. The second kappa shape index (κ2) is 11.3. The van der Waals surface area contributed by atoms with Crippen LogP contribution in [0.15, 0.2) is 70.0 Å². The fourth-order valence-electron chi connectivity index (χ4n) is 5.20. The minimum atomic E-state index is -3.66. The monoisotopic (exact) mass is 586 g/mol. The summed E-state index contributed by atoms with van der Waals surface area (Å²) in [6.45, 7) is 0.659. The van der Waals surface area contributed by atoms with Crippen LogP contribution in [0.1, 0.15) is 34.7 Å². The fourth-order valence-corrected chi connectivity index (χ4v) is 7.14. The molecule has 5 rings (SSSR count). The number of fused-ring (bicyclic) bond motifs is 1. The Balaban J connectivity index is 1.63. The number of halogens is 2. The molecule has 0 saturated carbocycles. The summed E-state index contributed by atoms with van der Waals surface area (Å²) < 4.78 is 61.8. The number of amides is 1. The van der Waals surface area contributed by atoms with E-state index in [2.05, 4.69) is 5.32 Å². The molecule has 1 aliphatic heterocycles. The number of anilines is 1. The molecule has 1 unspecified atom stereocenters. The summed E-state index contributed by atoms with van der Waals surface area (Å²) in [7, 11) is -0.201. The molecule has 0 bridgehead atoms. The van der Waals surface area contributed by atoms with Crippen molar-refractivity contribution >= 4 is 44.9 Å². The van der Waals surface area contributed by atoms with E-state index in [1.165, 1.54) is 53.6 Å². The van der Waals surface area contributed by atoms with Gasteiger partial charge in [0.15, 0.2) is 0 Å². The first-order chi connectivity index (χ1) is 19.1. The molecule has 2 heterocycles. The maximum atomic E-state index is 13.9. The van der Waals surface area contributed by atoms with Crippen molar-refractivity contribution in [2.24, 2.45) is 0 Å². The van der Waals surface area contributed by atoms with Crippen molar-refractivity contribution in [1.29, 1.82) is 0 Å². The van der Waals surface area contributed by atoms with Crippen molar-refractivity contribution in [2.75, 3.05) is 37.7 Å². The molecule has 2 N–H and O–H groups in total. The smallest absolute Gasteiger partial charge is 0.325 e. The van der Waals surface area contributed by atoms with Crippen LogP contribution < -0.4 is 9.62 Å². The first-order valence-corrected chi connectivity index (χ1v) is 15.4. The minimum Gasteiger partial charge on any atom is -0.455 e. The van der Waals surface area contributed by atoms with Crippen LogP contribution in [-0.4, -0.2) is 48.2 Å². The van der Waals surface area contributed by atoms with E-state index in [9.17, 15) is 22.3 Å². The molecule has 0 spiro atoms. The zero-order valence-corrected chi connectivity index (χ0v) is 24.0. The molecule has 0 radical (unpaired) electrons. The lowest BCUT2D eigenvalue weighted by Gasteiger charge is -2.32. The van der Waals surface area contributed by atoms with Gasteiger partial charge in [-0.2, -0.15) is 4.55 Å². The Morgan fingerprint density at radius 2 is 1.90 bits per heavy atom. The number of carbonyl (C=O) groups excluding carboxylic acids is 1. The third-order valence-corrected chi connectivity index (χ3v) is 9.93. The third-order valence-electron chi connectivity index (χ3n) is 7.29. The standard InChI is InChI=1S/C29H29F2N3O4S2/c1-32-29(35)27-24-15-23(19-6-5-13-34(17-19)40(36,37)22-8-4-7-21(31)14-22)25(33(2)39-3)16-26(24)38-28(27)18-9-11-20(30)12-10-18/h4,7-12,14-16,19H,5-6,13,17H2,1-3H3,(H-,32,35,36,37)/p+1/t19-/m0/s1. The molecule has 1 saturated heterocycles. The molecule has 40 heavy (non-hydrogen) atoms. The van der Waals surface area contributed by atoms with Crippen molar-refractivity contribution in [2.45, 2.75) is 23.7 Å². The highest BCUT2D eigenvalue weighted by molar-refractivity contribution is 7.99. The number of benzene rings is 3. The highest BCUT2D eigenvalue weighted by Crippen LogP contribution is 2.43. The topological polar surface area (TPSA) is 86.0 Å². The minimum absolute atomic E-state index is 0.0331. The van der Waals surface area contributed by atoms with Crippen molar-refractivity contribution in [3.8, 4) is 11.3 Å². The Morgan fingerprint density at radius 1 is 1.15 bits per heavy atom. The highest BCUT2D eigenvalue weighted by Gasteiger charge is 2.42. The van der Waals surface area contributed by atoms with E-state index in [4.69, 9.17) is 4.42 Å². The number of furan rings is 1. The van der Waals surface area contributed by atoms with Crippen molar-refractivity contribution in [3.63, 3.8) is 0 Å². The predicted octanol–water partition coefficient (Wildman–Crippen LogP) is 6.58. The first kappa shape index (κ1) is 28.3. The average Bonchev–Trinajstić information content (AvgIpc) is 3.34. The molecule has 2 atom stereocenters. The third kappa shape index (κ3) is 5.26. The van der Waals surface area contributed by atoms with E-state index in [1.807, 2.05) is 29.7 Å². The van der Waals surface area contributed by atoms with Crippen molar-refractivity contribution in [3.05, 3.63) is 83.4 Å². The molecular formula is C29H30F2N3O4S2+. The number of nitrogens with zero attached hydrogens (tertiary/aromatic N) is 2. The van der Waals surface area contributed by atoms with Crippen LogP contribution in [0.2, 0.25) is 0 Å². The number of hydrogen-bond donors (Lipinski definition) is 2. The number of carbonyl (C=O) groups is 1. The largest absolute Gasteiger partial charge is 0.455 e. The summed E-state index contributed by atoms with van der Waals surface area (Å²) in [5, 5.41) is 3.28. The van der Waals surface area contributed by atoms with E-state index < -0.39 is 22.0 Å². The normalized spacial score (nSPS) is 17.5. The quantitative estimate of drug-likeness (QED) is 0.188. The summed E-state index contributed by atoms with van der Waals surface area (Å²) >= 11 is 1.50. The van der Waals surface area contributed by atoms with Gasteiger partial charge in [-0.15, -0.1) is 0 Å². The van der Waals surface area contributed by atoms with Gasteiger partial charge < -0.3 is 14.0 Å². The number of nitrogens with one attached hydrogen (secondary N) is 1. The maximum absolute atomic E-state index is 13.9. The summed E-state index contributed by atoms with van der Waals surface area (Å²) in [5.41, 5.74) is 3.15. The van der Waals surface area contributed by atoms with Gasteiger partial charge >= 0.3 is 10.4 Å². The van der Waals surface area contributed by atoms with Gasteiger partial charge in [0, 0.05) is 55.9 Å². The van der Waals surface area contributed by atoms with E-state index in [0.717, 1.165) is 23.7 Å². The number of hydrogen-bond acceptors (Lipinski definition) is 5. The molecule has 4 aromatic rings. The maximum Gasteiger partial charge on any atom is 0.325 e. The molecule has 1 aromatic heterocycles. The lowest BCUT2D eigenvalue weighted by molar-refractivity contribution is 0.0964. The summed E-state index contributed by atoms with van der Waals surface area (Å²) in [4.78, 5) is 13.1. The van der Waals surface area contributed by atoms with Gasteiger partial charge in [-0.25, -0.2) is 8.78 Å². The molecule has 1 amide bonds. The molecule has 3 aromatic carbocycles. The Hall–Kier alpha value is -3.25. The highest BCUT2D eigenvalue weighted by atomic mass is 32.3. The van der Waals surface area contributed by atoms with Gasteiger partial charge in [0.2, 0.25) is 4.90 Å². The van der Waals surface area contributed by atoms with Gasteiger partial charge in [-0.1, -0.05) is 22.3 Å². The van der Waals surface area contributed by atoms with Crippen LogP contribution in [0.25, 0.3) is 22.3 Å². The van der Waals surface area contributed by atoms with Crippen LogP contribution >= 0.6 is 11.9 Å². The van der Waals surface area contributed by atoms with Crippen molar-refractivity contribution in [1.82, 2.24) is 9.62 Å². The molecular weight excluding hydrogens is 556 g/mol. The Bertz CT molecular complexity index is 1610. The molecule has 0 aliphatic carbocycles. The lowest BCUT2D eigenvalue weighted by atomic mass is 9.89. The molecule has 1 aliphatic rings. The zero-order valence-electron chi connectivity index (χ0n) is 22.3. The second-order valence-corrected chi connectivity index (χ2v) is 12.6. The van der Waals surface area contributed by atoms with Gasteiger partial charge in [-0.3, -0.25) is 4.79 Å². The Morgan fingerprint density at radius 3 is 2.58 bits per heavy atom. The van der Waals surface area contributed by atoms with Crippen LogP contribution in [-0.2, 0) is 14.6 Å². The Labute approximate surface area is 237 Å². The summed E-state index contributed by atoms with van der Waals surface area (Å²) in [5.74, 6) is -1.12. The van der Waals surface area contributed by atoms with Crippen molar-refractivity contribution < 1.29 is 26.8 Å². The van der Waals surface area contributed by atoms with E-state index in [1.54, 1.807) is 12.1 Å². The van der Waals surface area contributed by atoms with Crippen LogP contribution in [0.5, 0.6) is 0 Å². The molecule has 11 heteroatoms. The van der Waals surface area contributed by atoms with Crippen LogP contribution in [0, 0.1) is 11.6 Å². The Kier molecular flexibility index (Phi) is 8.01. The SMILES string of the molecule is CNC(=O)c1c(-c2ccc(F)cc2)oc2cc(N(C)SC)c([C@H]3CCCN([S+](=O)(O)c4cccc(F)c4)C3)cc12. The van der Waals surface area contributed by atoms with Gasteiger partial charge in [-0.05, 0) is 65.1 Å². The van der Waals surface area contributed by atoms with Gasteiger partial charge in [0.05, 0.1) is 17.8 Å². The second-order valence-electron chi connectivity index (χ2n) is 9.66. The molecule has 7 nitrogen and oxygen atoms in total. The fraction of sp³-hybridized carbons (Fsp3) is 0.276. The average molecular weight is 587 g/mol. The lowest BCUT2D eigenvalue weighted by Crippen LogP contribution is -2.42.